The number of aromatic nitrogens is 2. The van der Waals surface area contributed by atoms with Gasteiger partial charge in [-0.25, -0.2) is 4.79 Å². The summed E-state index contributed by atoms with van der Waals surface area (Å²) in [5, 5.41) is 12.7. The summed E-state index contributed by atoms with van der Waals surface area (Å²) < 4.78 is 1.78. The minimum Gasteiger partial charge on any atom is -0.478 e. The molecule has 1 aliphatic carbocycles. The summed E-state index contributed by atoms with van der Waals surface area (Å²) in [5.41, 5.74) is 2.10. The molecule has 20 heavy (non-hydrogen) atoms. The fraction of sp³-hybridized carbons (Fsp3) is 0.250. The van der Waals surface area contributed by atoms with Gasteiger partial charge in [0.2, 0.25) is 0 Å². The fourth-order valence-electron chi connectivity index (χ4n) is 2.05. The van der Waals surface area contributed by atoms with Gasteiger partial charge in [-0.15, -0.1) is 0 Å². The zero-order valence-electron chi connectivity index (χ0n) is 11.4. The number of carbonyl (C=O) groups is 1. The lowest BCUT2D eigenvalue weighted by Gasteiger charge is -2.10. The first-order valence-electron chi connectivity index (χ1n) is 6.61. The predicted molar refractivity (Wildman–Crippen MR) is 79.0 cm³/mol. The van der Waals surface area contributed by atoms with E-state index in [0.29, 0.717) is 12.5 Å². The van der Waals surface area contributed by atoms with E-state index in [1.54, 1.807) is 10.9 Å². The third kappa shape index (κ3) is 4.39. The van der Waals surface area contributed by atoms with Gasteiger partial charge in [0.1, 0.15) is 0 Å². The van der Waals surface area contributed by atoms with Crippen LogP contribution in [0.15, 0.2) is 54.4 Å². The molecule has 1 heterocycles. The molecule has 4 heteroatoms. The third-order valence-electron chi connectivity index (χ3n) is 3.00. The molecule has 4 nitrogen and oxygen atoms in total. The normalized spacial score (nSPS) is 18.9. The number of carboxylic acids is 1. The van der Waals surface area contributed by atoms with E-state index < -0.39 is 5.97 Å². The van der Waals surface area contributed by atoms with Crippen molar-refractivity contribution in [3.05, 3.63) is 60.0 Å². The van der Waals surface area contributed by atoms with Crippen LogP contribution in [0.2, 0.25) is 0 Å². The number of nitrogens with zero attached hydrogens (tertiary/aromatic N) is 2. The molecule has 1 aliphatic rings. The Morgan fingerprint density at radius 1 is 1.55 bits per heavy atom. The minimum absolute atomic E-state index is 0.595. The smallest absolute Gasteiger partial charge is 0.328 e. The summed E-state index contributed by atoms with van der Waals surface area (Å²) in [4.78, 5) is 10.4. The minimum atomic E-state index is -0.955. The predicted octanol–water partition coefficient (Wildman–Crippen LogP) is 3.06. The van der Waals surface area contributed by atoms with Gasteiger partial charge in [-0.3, -0.25) is 4.68 Å². The van der Waals surface area contributed by atoms with Crippen LogP contribution in [0.4, 0.5) is 0 Å². The highest BCUT2D eigenvalue weighted by molar-refractivity contribution is 5.85. The van der Waals surface area contributed by atoms with Crippen LogP contribution in [0.1, 0.15) is 18.9 Å². The van der Waals surface area contributed by atoms with Crippen molar-refractivity contribution in [2.45, 2.75) is 19.9 Å². The van der Waals surface area contributed by atoms with E-state index in [1.807, 2.05) is 6.20 Å². The second-order valence-electron chi connectivity index (χ2n) is 4.88. The first-order chi connectivity index (χ1) is 9.63. The standard InChI is InChI=1S/C16H18N2O2/c1-13-4-2-5-14(10-13)6-3-9-18-12-15(11-17-18)7-8-16(19)20/h2-8,11-13H,9-10H2,1H3,(H,19,20). The maximum Gasteiger partial charge on any atom is 0.328 e. The van der Waals surface area contributed by atoms with Crippen LogP contribution in [0, 0.1) is 5.92 Å². The Kier molecular flexibility index (Phi) is 4.71. The molecule has 0 saturated carbocycles. The molecular weight excluding hydrogens is 252 g/mol. The Hall–Kier alpha value is -2.36. The van der Waals surface area contributed by atoms with Crippen LogP contribution in [0.5, 0.6) is 0 Å². The Morgan fingerprint density at radius 3 is 3.15 bits per heavy atom. The van der Waals surface area contributed by atoms with Crippen LogP contribution < -0.4 is 0 Å². The lowest BCUT2D eigenvalue weighted by molar-refractivity contribution is -0.131. The van der Waals surface area contributed by atoms with Crippen molar-refractivity contribution >= 4 is 12.0 Å². The van der Waals surface area contributed by atoms with Gasteiger partial charge < -0.3 is 5.11 Å². The van der Waals surface area contributed by atoms with Gasteiger partial charge in [0.05, 0.1) is 12.7 Å². The van der Waals surface area contributed by atoms with E-state index in [9.17, 15) is 4.79 Å². The highest BCUT2D eigenvalue weighted by atomic mass is 16.4. The molecule has 0 fully saturated rings. The van der Waals surface area contributed by atoms with Crippen LogP contribution in [0.25, 0.3) is 6.08 Å². The van der Waals surface area contributed by atoms with Crippen LogP contribution in [-0.2, 0) is 11.3 Å². The number of hydrogen-bond donors (Lipinski definition) is 1. The highest BCUT2D eigenvalue weighted by Gasteiger charge is 2.03. The number of rotatable bonds is 5. The number of hydrogen-bond acceptors (Lipinski definition) is 2. The lowest BCUT2D eigenvalue weighted by Crippen LogP contribution is -1.97. The number of allylic oxidation sites excluding steroid dienone is 6. The van der Waals surface area contributed by atoms with E-state index in [-0.39, 0.29) is 0 Å². The van der Waals surface area contributed by atoms with Crippen molar-refractivity contribution in [1.82, 2.24) is 9.78 Å². The zero-order chi connectivity index (χ0) is 14.4. The van der Waals surface area contributed by atoms with Gasteiger partial charge >= 0.3 is 5.97 Å². The Labute approximate surface area is 118 Å². The zero-order valence-corrected chi connectivity index (χ0v) is 11.4. The summed E-state index contributed by atoms with van der Waals surface area (Å²) in [6.45, 7) is 2.88. The molecule has 1 aromatic rings. The van der Waals surface area contributed by atoms with Gasteiger partial charge in [0, 0.05) is 17.8 Å². The largest absolute Gasteiger partial charge is 0.478 e. The third-order valence-corrected chi connectivity index (χ3v) is 3.00. The highest BCUT2D eigenvalue weighted by Crippen LogP contribution is 2.18. The fourth-order valence-corrected chi connectivity index (χ4v) is 2.05. The van der Waals surface area contributed by atoms with Crippen LogP contribution in [0.3, 0.4) is 0 Å². The van der Waals surface area contributed by atoms with Gasteiger partial charge in [-0.2, -0.15) is 5.10 Å². The summed E-state index contributed by atoms with van der Waals surface area (Å²) in [7, 11) is 0. The van der Waals surface area contributed by atoms with Crippen molar-refractivity contribution in [2.24, 2.45) is 5.92 Å². The van der Waals surface area contributed by atoms with Gasteiger partial charge in [0.25, 0.3) is 0 Å². The average Bonchev–Trinajstić information content (AvgIpc) is 2.84. The molecule has 0 aromatic carbocycles. The molecule has 104 valence electrons. The monoisotopic (exact) mass is 270 g/mol. The molecule has 1 aromatic heterocycles. The second kappa shape index (κ2) is 6.70. The van der Waals surface area contributed by atoms with E-state index in [2.05, 4.69) is 42.4 Å². The van der Waals surface area contributed by atoms with E-state index in [4.69, 9.17) is 5.11 Å². The van der Waals surface area contributed by atoms with Gasteiger partial charge in [0.15, 0.2) is 0 Å². The van der Waals surface area contributed by atoms with Crippen molar-refractivity contribution in [2.75, 3.05) is 0 Å². The average molecular weight is 270 g/mol. The van der Waals surface area contributed by atoms with Crippen molar-refractivity contribution in [1.29, 1.82) is 0 Å². The Bertz CT molecular complexity index is 591. The molecular formula is C16H18N2O2. The molecule has 0 amide bonds. The molecule has 0 spiro atoms. The SMILES string of the molecule is CC1C=CC=C(C=CCn2cc(C=CC(=O)O)cn2)C1. The van der Waals surface area contributed by atoms with Gasteiger partial charge in [-0.1, -0.05) is 37.3 Å². The molecule has 2 rings (SSSR count). The van der Waals surface area contributed by atoms with Crippen molar-refractivity contribution < 1.29 is 9.90 Å². The number of aliphatic carboxylic acids is 1. The van der Waals surface area contributed by atoms with Crippen LogP contribution >= 0.6 is 0 Å². The summed E-state index contributed by atoms with van der Waals surface area (Å²) in [6, 6.07) is 0. The first kappa shape index (κ1) is 14.1. The molecule has 0 saturated heterocycles. The molecule has 1 unspecified atom stereocenters. The van der Waals surface area contributed by atoms with Gasteiger partial charge in [-0.05, 0) is 24.0 Å². The van der Waals surface area contributed by atoms with E-state index in [1.165, 1.54) is 11.6 Å². The second-order valence-corrected chi connectivity index (χ2v) is 4.88. The molecule has 0 radical (unpaired) electrons. The lowest BCUT2D eigenvalue weighted by atomic mass is 9.96. The Morgan fingerprint density at radius 2 is 2.40 bits per heavy atom. The Balaban J connectivity index is 1.90. The van der Waals surface area contributed by atoms with Crippen molar-refractivity contribution in [3.63, 3.8) is 0 Å². The maximum absolute atomic E-state index is 10.4. The summed E-state index contributed by atoms with van der Waals surface area (Å²) in [5.74, 6) is -0.360. The van der Waals surface area contributed by atoms with Crippen molar-refractivity contribution in [3.8, 4) is 0 Å². The molecule has 1 N–H and O–H groups in total. The maximum atomic E-state index is 10.4. The molecule has 0 aliphatic heterocycles. The van der Waals surface area contributed by atoms with E-state index in [0.717, 1.165) is 18.1 Å². The summed E-state index contributed by atoms with van der Waals surface area (Å²) >= 11 is 0. The first-order valence-corrected chi connectivity index (χ1v) is 6.61. The quantitative estimate of drug-likeness (QED) is 0.837. The van der Waals surface area contributed by atoms with Crippen LogP contribution in [-0.4, -0.2) is 20.9 Å². The molecule has 1 atom stereocenters. The van der Waals surface area contributed by atoms with E-state index >= 15 is 0 Å². The topological polar surface area (TPSA) is 55.1 Å². The molecule has 0 bridgehead atoms. The number of carboxylic acid groups (broad SMARTS) is 1. The summed E-state index contributed by atoms with van der Waals surface area (Å²) in [6.07, 6.45) is 17.8.